The minimum atomic E-state index is -0.428. The molecule has 1 atom stereocenters. The van der Waals surface area contributed by atoms with E-state index in [1.165, 1.54) is 25.3 Å². The number of benzene rings is 2. The summed E-state index contributed by atoms with van der Waals surface area (Å²) in [7, 11) is 0. The Hall–Kier alpha value is -2.21. The van der Waals surface area contributed by atoms with Crippen molar-refractivity contribution in [1.82, 2.24) is 0 Å². The van der Waals surface area contributed by atoms with Gasteiger partial charge in [-0.1, -0.05) is 38.3 Å². The summed E-state index contributed by atoms with van der Waals surface area (Å²) in [6, 6.07) is 10.9. The maximum Gasteiger partial charge on any atom is 0.141 e. The standard InChI is InChI=1S/C25H29F2N/c1-2-3-4-5-6-18-7-10-20(24(26)14-18)11-8-19-9-12-21-15-23(17-28)25(27)16-22(21)13-19/h7,10,14-16,19H,2-6,8-9,11-13H2,1H3. The van der Waals surface area contributed by atoms with E-state index in [2.05, 4.69) is 13.0 Å². The van der Waals surface area contributed by atoms with Crippen molar-refractivity contribution in [3.8, 4) is 6.07 Å². The Morgan fingerprint density at radius 1 is 1.00 bits per heavy atom. The molecule has 28 heavy (non-hydrogen) atoms. The smallest absolute Gasteiger partial charge is 0.141 e. The van der Waals surface area contributed by atoms with E-state index in [0.29, 0.717) is 5.92 Å². The fraction of sp³-hybridized carbons (Fsp3) is 0.480. The van der Waals surface area contributed by atoms with E-state index in [-0.39, 0.29) is 11.4 Å². The van der Waals surface area contributed by atoms with Crippen LogP contribution < -0.4 is 0 Å². The average molecular weight is 382 g/mol. The van der Waals surface area contributed by atoms with Gasteiger partial charge in [-0.2, -0.15) is 5.26 Å². The van der Waals surface area contributed by atoms with Gasteiger partial charge in [-0.3, -0.25) is 0 Å². The highest BCUT2D eigenvalue weighted by molar-refractivity contribution is 5.41. The molecule has 0 fully saturated rings. The molecule has 0 amide bonds. The number of rotatable bonds is 8. The fourth-order valence-corrected chi connectivity index (χ4v) is 4.25. The lowest BCUT2D eigenvalue weighted by Crippen LogP contribution is -2.16. The van der Waals surface area contributed by atoms with E-state index in [1.807, 2.05) is 12.1 Å². The van der Waals surface area contributed by atoms with Crippen molar-refractivity contribution >= 4 is 0 Å². The Kier molecular flexibility index (Phi) is 7.20. The van der Waals surface area contributed by atoms with Crippen LogP contribution >= 0.6 is 0 Å². The van der Waals surface area contributed by atoms with Gasteiger partial charge in [0.15, 0.2) is 0 Å². The molecular weight excluding hydrogens is 352 g/mol. The molecule has 2 aromatic carbocycles. The highest BCUT2D eigenvalue weighted by atomic mass is 19.1. The molecule has 1 nitrogen and oxygen atoms in total. The molecule has 0 radical (unpaired) electrons. The molecule has 0 heterocycles. The maximum absolute atomic E-state index is 14.5. The lowest BCUT2D eigenvalue weighted by atomic mass is 9.80. The number of hydrogen-bond acceptors (Lipinski definition) is 1. The van der Waals surface area contributed by atoms with Crippen LogP contribution in [0.3, 0.4) is 0 Å². The zero-order valence-electron chi connectivity index (χ0n) is 16.7. The van der Waals surface area contributed by atoms with Crippen molar-refractivity contribution in [3.05, 3.63) is 69.8 Å². The Morgan fingerprint density at radius 2 is 1.86 bits per heavy atom. The number of halogens is 2. The minimum absolute atomic E-state index is 0.0890. The van der Waals surface area contributed by atoms with Crippen molar-refractivity contribution in [1.29, 1.82) is 5.26 Å². The van der Waals surface area contributed by atoms with Gasteiger partial charge in [-0.15, -0.1) is 0 Å². The van der Waals surface area contributed by atoms with Crippen LogP contribution in [0.2, 0.25) is 0 Å². The lowest BCUT2D eigenvalue weighted by Gasteiger charge is -2.25. The molecule has 2 aromatic rings. The summed E-state index contributed by atoms with van der Waals surface area (Å²) in [6.07, 6.45) is 10.1. The Balaban J connectivity index is 1.55. The number of unbranched alkanes of at least 4 members (excludes halogenated alkanes) is 3. The normalized spacial score (nSPS) is 15.9. The predicted molar refractivity (Wildman–Crippen MR) is 109 cm³/mol. The first-order valence-corrected chi connectivity index (χ1v) is 10.6. The van der Waals surface area contributed by atoms with Gasteiger partial charge in [0, 0.05) is 0 Å². The minimum Gasteiger partial charge on any atom is -0.207 e. The van der Waals surface area contributed by atoms with Crippen LogP contribution in [0, 0.1) is 28.9 Å². The average Bonchev–Trinajstić information content (AvgIpc) is 2.70. The van der Waals surface area contributed by atoms with Crippen molar-refractivity contribution in [2.75, 3.05) is 0 Å². The van der Waals surface area contributed by atoms with E-state index in [9.17, 15) is 8.78 Å². The zero-order valence-corrected chi connectivity index (χ0v) is 16.7. The Morgan fingerprint density at radius 3 is 2.61 bits per heavy atom. The first-order chi connectivity index (χ1) is 13.6. The number of fused-ring (bicyclic) bond motifs is 1. The molecule has 3 rings (SSSR count). The Bertz CT molecular complexity index is 850. The third-order valence-electron chi connectivity index (χ3n) is 6.00. The fourth-order valence-electron chi connectivity index (χ4n) is 4.25. The van der Waals surface area contributed by atoms with Crippen molar-refractivity contribution < 1.29 is 8.78 Å². The van der Waals surface area contributed by atoms with Crippen LogP contribution in [0.5, 0.6) is 0 Å². The molecule has 1 aliphatic carbocycles. The SMILES string of the molecule is CCCCCCc1ccc(CCC2CCc3cc(C#N)c(F)cc3C2)c(F)c1. The van der Waals surface area contributed by atoms with Crippen LogP contribution in [0.15, 0.2) is 30.3 Å². The molecule has 1 unspecified atom stereocenters. The molecule has 1 aliphatic rings. The molecular formula is C25H29F2N. The van der Waals surface area contributed by atoms with Crippen LogP contribution in [0.25, 0.3) is 0 Å². The summed E-state index contributed by atoms with van der Waals surface area (Å²) in [5.74, 6) is -0.0793. The molecule has 148 valence electrons. The van der Waals surface area contributed by atoms with Gasteiger partial charge >= 0.3 is 0 Å². The van der Waals surface area contributed by atoms with Crippen LogP contribution in [-0.2, 0) is 25.7 Å². The first-order valence-electron chi connectivity index (χ1n) is 10.6. The van der Waals surface area contributed by atoms with E-state index in [1.54, 1.807) is 12.1 Å². The topological polar surface area (TPSA) is 23.8 Å². The number of aryl methyl sites for hydroxylation is 3. The van der Waals surface area contributed by atoms with E-state index >= 15 is 0 Å². The van der Waals surface area contributed by atoms with Crippen LogP contribution in [0.1, 0.15) is 73.3 Å². The largest absolute Gasteiger partial charge is 0.207 e. The first kappa shape index (κ1) is 20.5. The third kappa shape index (κ3) is 5.19. The Labute approximate surface area is 167 Å². The summed E-state index contributed by atoms with van der Waals surface area (Å²) >= 11 is 0. The van der Waals surface area contributed by atoms with Crippen LogP contribution in [-0.4, -0.2) is 0 Å². The molecule has 0 aromatic heterocycles. The second kappa shape index (κ2) is 9.82. The van der Waals surface area contributed by atoms with Crippen LogP contribution in [0.4, 0.5) is 8.78 Å². The van der Waals surface area contributed by atoms with Gasteiger partial charge in [-0.25, -0.2) is 8.78 Å². The maximum atomic E-state index is 14.5. The summed E-state index contributed by atoms with van der Waals surface area (Å²) in [5, 5.41) is 8.97. The van der Waals surface area contributed by atoms with Gasteiger partial charge in [0.2, 0.25) is 0 Å². The number of hydrogen-bond donors (Lipinski definition) is 0. The van der Waals surface area contributed by atoms with Crippen molar-refractivity contribution in [2.24, 2.45) is 5.92 Å². The second-order valence-electron chi connectivity index (χ2n) is 8.10. The number of nitriles is 1. The molecule has 0 saturated heterocycles. The van der Waals surface area contributed by atoms with E-state index in [0.717, 1.165) is 67.2 Å². The molecule has 0 N–H and O–H groups in total. The van der Waals surface area contributed by atoms with E-state index in [4.69, 9.17) is 5.26 Å². The van der Waals surface area contributed by atoms with Crippen molar-refractivity contribution in [2.45, 2.75) is 71.1 Å². The summed E-state index contributed by atoms with van der Waals surface area (Å²) in [4.78, 5) is 0. The van der Waals surface area contributed by atoms with E-state index < -0.39 is 5.82 Å². The second-order valence-corrected chi connectivity index (χ2v) is 8.10. The van der Waals surface area contributed by atoms with Gasteiger partial charge < -0.3 is 0 Å². The molecule has 3 heteroatoms. The zero-order chi connectivity index (χ0) is 19.9. The summed E-state index contributed by atoms with van der Waals surface area (Å²) < 4.78 is 28.4. The van der Waals surface area contributed by atoms with Gasteiger partial charge in [0.25, 0.3) is 0 Å². The number of nitrogens with zero attached hydrogens (tertiary/aromatic N) is 1. The highest BCUT2D eigenvalue weighted by Gasteiger charge is 2.21. The summed E-state index contributed by atoms with van der Waals surface area (Å²) in [6.45, 7) is 2.19. The quantitative estimate of drug-likeness (QED) is 0.467. The van der Waals surface area contributed by atoms with Gasteiger partial charge in [0.1, 0.15) is 17.7 Å². The van der Waals surface area contributed by atoms with Gasteiger partial charge in [-0.05, 0) is 91.3 Å². The van der Waals surface area contributed by atoms with Crippen molar-refractivity contribution in [3.63, 3.8) is 0 Å². The molecule has 0 saturated carbocycles. The lowest BCUT2D eigenvalue weighted by molar-refractivity contribution is 0.422. The monoisotopic (exact) mass is 381 g/mol. The molecule has 0 aliphatic heterocycles. The third-order valence-corrected chi connectivity index (χ3v) is 6.00. The highest BCUT2D eigenvalue weighted by Crippen LogP contribution is 2.30. The summed E-state index contributed by atoms with van der Waals surface area (Å²) in [5.41, 5.74) is 4.11. The molecule has 0 bridgehead atoms. The molecule has 0 spiro atoms. The van der Waals surface area contributed by atoms with Gasteiger partial charge in [0.05, 0.1) is 5.56 Å². The predicted octanol–water partition coefficient (Wildman–Crippen LogP) is 6.70.